The first-order chi connectivity index (χ1) is 23.9. The Balaban J connectivity index is 1.37. The molecule has 12 nitrogen and oxygen atoms in total. The Morgan fingerprint density at radius 1 is 0.941 bits per heavy atom. The lowest BCUT2D eigenvalue weighted by atomic mass is 9.82. The van der Waals surface area contributed by atoms with E-state index in [0.717, 1.165) is 51.4 Å². The van der Waals surface area contributed by atoms with Crippen molar-refractivity contribution in [2.24, 2.45) is 23.7 Å². The summed E-state index contributed by atoms with van der Waals surface area (Å²) in [6, 6.07) is -3.79. The average Bonchev–Trinajstić information content (AvgIpc) is 3.92. The largest absolute Gasteiger partial charge is 0.346 e. The highest BCUT2D eigenvalue weighted by Crippen LogP contribution is 2.65. The van der Waals surface area contributed by atoms with Gasteiger partial charge >= 0.3 is 6.03 Å². The van der Waals surface area contributed by atoms with Crippen LogP contribution in [0.4, 0.5) is 4.79 Å². The molecule has 4 aliphatic carbocycles. The van der Waals surface area contributed by atoms with Crippen LogP contribution in [0.3, 0.4) is 0 Å². The van der Waals surface area contributed by atoms with Crippen LogP contribution in [0.25, 0.3) is 0 Å². The summed E-state index contributed by atoms with van der Waals surface area (Å²) in [6.45, 7) is 8.71. The highest BCUT2D eigenvalue weighted by molar-refractivity contribution is 7.92. The van der Waals surface area contributed by atoms with E-state index in [1.807, 2.05) is 0 Å². The van der Waals surface area contributed by atoms with E-state index in [1.165, 1.54) is 11.0 Å². The third-order valence-electron chi connectivity index (χ3n) is 11.7. The van der Waals surface area contributed by atoms with Gasteiger partial charge in [0.2, 0.25) is 17.6 Å². The number of urea groups is 1. The number of alkyl halides is 2. The summed E-state index contributed by atoms with van der Waals surface area (Å²) in [6.07, 6.45) is 11.2. The lowest BCUT2D eigenvalue weighted by Gasteiger charge is -2.41. The van der Waals surface area contributed by atoms with Gasteiger partial charge in [-0.05, 0) is 64.7 Å². The zero-order valence-electron chi connectivity index (χ0n) is 30.1. The zero-order valence-corrected chi connectivity index (χ0v) is 32.4. The third kappa shape index (κ3) is 9.05. The molecule has 15 heteroatoms. The molecular weight excluding hydrogens is 717 g/mol. The van der Waals surface area contributed by atoms with Crippen molar-refractivity contribution in [1.29, 1.82) is 0 Å². The standard InChI is InChI=1S/C36H55Cl2N5O7S/c1-5-18-39-31(46)29(44)25(19-22-14-15-22)40-30(45)28-26-24(36(26,37)38)20-43(28)32(47)27(23-12-8-6-9-13-23)41-33(48)42-35(16-10-7-11-17-35)21-51(49,50)34(2,3)4/h5,22-28H,1,6-21H2,2-4H3,(H,39,46)(H,40,45)(H2,41,42,48)/t24-,25?,26-,27-,28-/m0/s1. The maximum Gasteiger partial charge on any atom is 0.315 e. The Labute approximate surface area is 312 Å². The molecule has 5 rings (SSSR count). The quantitative estimate of drug-likeness (QED) is 0.118. The molecule has 0 aromatic heterocycles. The number of Topliss-reactive ketones (excluding diaryl/α,β-unsaturated/α-hetero) is 1. The topological polar surface area (TPSA) is 171 Å². The summed E-state index contributed by atoms with van der Waals surface area (Å²) in [5.41, 5.74) is -0.968. The zero-order chi connectivity index (χ0) is 37.4. The van der Waals surface area contributed by atoms with E-state index in [-0.39, 0.29) is 36.6 Å². The van der Waals surface area contributed by atoms with Gasteiger partial charge in [-0.3, -0.25) is 19.2 Å². The Hall–Kier alpha value is -2.38. The number of rotatable bonds is 14. The second-order valence-corrected chi connectivity index (χ2v) is 20.7. The Bertz CT molecular complexity index is 1480. The van der Waals surface area contributed by atoms with Crippen LogP contribution in [-0.4, -0.2) is 94.4 Å². The first-order valence-electron chi connectivity index (χ1n) is 18.6. The van der Waals surface area contributed by atoms with E-state index in [0.29, 0.717) is 32.1 Å². The molecule has 1 saturated heterocycles. The Kier molecular flexibility index (Phi) is 12.1. The maximum atomic E-state index is 14.6. The van der Waals surface area contributed by atoms with Gasteiger partial charge in [0, 0.05) is 24.9 Å². The maximum absolute atomic E-state index is 14.6. The first kappa shape index (κ1) is 39.8. The van der Waals surface area contributed by atoms with Gasteiger partial charge in [-0.25, -0.2) is 13.2 Å². The second kappa shape index (κ2) is 15.5. The van der Waals surface area contributed by atoms with Crippen LogP contribution in [0.1, 0.15) is 104 Å². The molecule has 1 heterocycles. The van der Waals surface area contributed by atoms with Crippen molar-refractivity contribution in [2.45, 2.75) is 137 Å². The van der Waals surface area contributed by atoms with Gasteiger partial charge in [0.1, 0.15) is 16.4 Å². The Morgan fingerprint density at radius 3 is 2.16 bits per heavy atom. The predicted octanol–water partition coefficient (Wildman–Crippen LogP) is 3.94. The molecule has 0 aromatic rings. The fourth-order valence-corrected chi connectivity index (χ4v) is 10.6. The van der Waals surface area contributed by atoms with Crippen molar-refractivity contribution < 1.29 is 32.4 Å². The molecule has 5 aliphatic rings. The summed E-state index contributed by atoms with van der Waals surface area (Å²) in [4.78, 5) is 69.8. The van der Waals surface area contributed by atoms with Crippen LogP contribution >= 0.6 is 23.2 Å². The normalized spacial score (nSPS) is 26.9. The van der Waals surface area contributed by atoms with E-state index in [9.17, 15) is 32.4 Å². The van der Waals surface area contributed by atoms with Crippen molar-refractivity contribution in [1.82, 2.24) is 26.2 Å². The number of halogens is 2. The molecule has 4 N–H and O–H groups in total. The number of hydrogen-bond acceptors (Lipinski definition) is 7. The molecule has 0 aromatic carbocycles. The second-order valence-electron chi connectivity index (χ2n) is 16.5. The third-order valence-corrected chi connectivity index (χ3v) is 15.5. The molecule has 286 valence electrons. The monoisotopic (exact) mass is 771 g/mol. The van der Waals surface area contributed by atoms with Crippen molar-refractivity contribution in [3.63, 3.8) is 0 Å². The van der Waals surface area contributed by atoms with Crippen molar-refractivity contribution in [2.75, 3.05) is 18.8 Å². The number of hydrogen-bond donors (Lipinski definition) is 4. The van der Waals surface area contributed by atoms with E-state index < -0.39 is 78.0 Å². The van der Waals surface area contributed by atoms with Crippen LogP contribution in [0.15, 0.2) is 12.7 Å². The summed E-state index contributed by atoms with van der Waals surface area (Å²) in [5.74, 6) is -3.83. The Morgan fingerprint density at radius 2 is 1.57 bits per heavy atom. The van der Waals surface area contributed by atoms with Gasteiger partial charge in [-0.1, -0.05) is 57.4 Å². The van der Waals surface area contributed by atoms with E-state index in [4.69, 9.17) is 23.2 Å². The number of carbonyl (C=O) groups is 5. The molecule has 4 saturated carbocycles. The molecule has 1 aliphatic heterocycles. The summed E-state index contributed by atoms with van der Waals surface area (Å²) >= 11 is 13.2. The first-order valence-corrected chi connectivity index (χ1v) is 21.0. The number of sulfone groups is 1. The summed E-state index contributed by atoms with van der Waals surface area (Å²) in [5, 5.41) is 11.2. The van der Waals surface area contributed by atoms with E-state index in [1.54, 1.807) is 20.8 Å². The number of nitrogens with zero attached hydrogens (tertiary/aromatic N) is 1. The number of fused-ring (bicyclic) bond motifs is 1. The van der Waals surface area contributed by atoms with Crippen LogP contribution in [0.5, 0.6) is 0 Å². The summed E-state index contributed by atoms with van der Waals surface area (Å²) in [7, 11) is -3.58. The van der Waals surface area contributed by atoms with Gasteiger partial charge in [-0.2, -0.15) is 0 Å². The molecule has 5 amide bonds. The van der Waals surface area contributed by atoms with Crippen LogP contribution in [0.2, 0.25) is 0 Å². The lowest BCUT2D eigenvalue weighted by molar-refractivity contribution is -0.144. The van der Waals surface area contributed by atoms with Crippen molar-refractivity contribution in [3.8, 4) is 0 Å². The van der Waals surface area contributed by atoms with Gasteiger partial charge in [0.05, 0.1) is 22.1 Å². The van der Waals surface area contributed by atoms with Gasteiger partial charge in [-0.15, -0.1) is 29.8 Å². The number of amides is 5. The van der Waals surface area contributed by atoms with Crippen molar-refractivity contribution in [3.05, 3.63) is 12.7 Å². The number of piperidine rings is 1. The van der Waals surface area contributed by atoms with Crippen LogP contribution < -0.4 is 21.3 Å². The van der Waals surface area contributed by atoms with Gasteiger partial charge < -0.3 is 26.2 Å². The highest BCUT2D eigenvalue weighted by Gasteiger charge is 2.74. The average molecular weight is 773 g/mol. The number of ketones is 1. The van der Waals surface area contributed by atoms with Crippen LogP contribution in [-0.2, 0) is 29.0 Å². The highest BCUT2D eigenvalue weighted by atomic mass is 35.5. The number of nitrogens with one attached hydrogen (secondary N) is 4. The van der Waals surface area contributed by atoms with Gasteiger partial charge in [0.25, 0.3) is 5.91 Å². The minimum absolute atomic E-state index is 0.0932. The molecule has 1 unspecified atom stereocenters. The minimum Gasteiger partial charge on any atom is -0.346 e. The lowest BCUT2D eigenvalue weighted by Crippen LogP contribution is -2.63. The van der Waals surface area contributed by atoms with E-state index in [2.05, 4.69) is 27.8 Å². The number of carbonyl (C=O) groups excluding carboxylic acids is 5. The van der Waals surface area contributed by atoms with Gasteiger partial charge in [0.15, 0.2) is 9.84 Å². The summed E-state index contributed by atoms with van der Waals surface area (Å²) < 4.78 is 24.5. The predicted molar refractivity (Wildman–Crippen MR) is 196 cm³/mol. The van der Waals surface area contributed by atoms with Crippen molar-refractivity contribution >= 4 is 62.6 Å². The van der Waals surface area contributed by atoms with Crippen LogP contribution in [0, 0.1) is 23.7 Å². The number of likely N-dealkylation sites (tertiary alicyclic amines) is 1. The minimum atomic E-state index is -3.58. The molecule has 51 heavy (non-hydrogen) atoms. The molecule has 5 atom stereocenters. The fraction of sp³-hybridized carbons (Fsp3) is 0.806. The molecule has 0 spiro atoms. The molecule has 5 fully saturated rings. The smallest absolute Gasteiger partial charge is 0.315 e. The van der Waals surface area contributed by atoms with E-state index >= 15 is 0 Å². The fourth-order valence-electron chi connectivity index (χ4n) is 8.28. The molecular formula is C36H55Cl2N5O7S. The molecule has 0 bridgehead atoms. The SMILES string of the molecule is C=CCNC(=O)C(=O)C(CC1CC1)NC(=O)[C@@H]1[C@@H]2[C@H](CN1C(=O)[C@@H](NC(=O)NC1(CS(=O)(=O)C(C)(C)C)CCCCC1)C1CCCCC1)C2(Cl)Cl. The molecule has 0 radical (unpaired) electrons.